The van der Waals surface area contributed by atoms with Crippen molar-refractivity contribution in [3.05, 3.63) is 29.8 Å². The molecule has 4 nitrogen and oxygen atoms in total. The van der Waals surface area contributed by atoms with E-state index in [1.807, 2.05) is 19.2 Å². The number of likely N-dealkylation sites (tertiary alicyclic amines) is 1. The maximum atomic E-state index is 5.19. The standard InChI is InChI=1S/C19H31N3O.HI/c1-15-12-16(2)14-22(13-15)19(20-3)21-11-5-6-17-7-9-18(23-4)10-8-17;/h7-10,15-16H,5-6,11-14H2,1-4H3,(H,20,21);1H. The summed E-state index contributed by atoms with van der Waals surface area (Å²) in [5, 5.41) is 3.52. The SMILES string of the molecule is CN=C(NCCCc1ccc(OC)cc1)N1CC(C)CC(C)C1.I. The number of nitrogens with zero attached hydrogens (tertiary/aromatic N) is 2. The molecule has 0 saturated carbocycles. The Kier molecular flexibility index (Phi) is 9.48. The molecule has 0 aliphatic carbocycles. The van der Waals surface area contributed by atoms with E-state index in [0.717, 1.165) is 56.0 Å². The summed E-state index contributed by atoms with van der Waals surface area (Å²) in [5.41, 5.74) is 1.35. The molecule has 0 aromatic heterocycles. The Bertz CT molecular complexity index is 494. The van der Waals surface area contributed by atoms with Gasteiger partial charge in [0.2, 0.25) is 0 Å². The lowest BCUT2D eigenvalue weighted by Gasteiger charge is -2.37. The highest BCUT2D eigenvalue weighted by atomic mass is 127. The van der Waals surface area contributed by atoms with Gasteiger partial charge in [-0.15, -0.1) is 24.0 Å². The molecule has 24 heavy (non-hydrogen) atoms. The van der Waals surface area contributed by atoms with Crippen LogP contribution in [-0.4, -0.2) is 44.7 Å². The predicted molar refractivity (Wildman–Crippen MR) is 113 cm³/mol. The van der Waals surface area contributed by atoms with Gasteiger partial charge in [-0.25, -0.2) is 0 Å². The van der Waals surface area contributed by atoms with Crippen LogP contribution in [0.15, 0.2) is 29.3 Å². The molecule has 1 aliphatic heterocycles. The van der Waals surface area contributed by atoms with E-state index in [-0.39, 0.29) is 24.0 Å². The fourth-order valence-corrected chi connectivity index (χ4v) is 3.45. The highest BCUT2D eigenvalue weighted by Gasteiger charge is 2.23. The van der Waals surface area contributed by atoms with Crippen molar-refractivity contribution in [2.24, 2.45) is 16.8 Å². The van der Waals surface area contributed by atoms with Crippen LogP contribution in [0.4, 0.5) is 0 Å². The van der Waals surface area contributed by atoms with E-state index in [2.05, 4.69) is 41.2 Å². The summed E-state index contributed by atoms with van der Waals surface area (Å²) in [6.07, 6.45) is 3.50. The zero-order chi connectivity index (χ0) is 16.7. The lowest BCUT2D eigenvalue weighted by atomic mass is 9.92. The number of aryl methyl sites for hydroxylation is 1. The van der Waals surface area contributed by atoms with Gasteiger partial charge < -0.3 is 15.0 Å². The van der Waals surface area contributed by atoms with Crippen LogP contribution >= 0.6 is 24.0 Å². The lowest BCUT2D eigenvalue weighted by Crippen LogP contribution is -2.48. The van der Waals surface area contributed by atoms with Gasteiger partial charge in [0.05, 0.1) is 7.11 Å². The minimum Gasteiger partial charge on any atom is -0.497 e. The molecule has 5 heteroatoms. The Morgan fingerprint density at radius 2 is 1.83 bits per heavy atom. The number of rotatable bonds is 5. The summed E-state index contributed by atoms with van der Waals surface area (Å²) in [4.78, 5) is 6.87. The molecule has 1 aliphatic rings. The number of ether oxygens (including phenoxy) is 1. The third kappa shape index (κ3) is 6.49. The van der Waals surface area contributed by atoms with Gasteiger partial charge in [0.1, 0.15) is 5.75 Å². The first-order valence-corrected chi connectivity index (χ1v) is 8.71. The third-order valence-corrected chi connectivity index (χ3v) is 4.46. The minimum absolute atomic E-state index is 0. The van der Waals surface area contributed by atoms with E-state index in [0.29, 0.717) is 0 Å². The number of guanidine groups is 1. The second-order valence-electron chi connectivity index (χ2n) is 6.78. The van der Waals surface area contributed by atoms with Crippen LogP contribution in [0, 0.1) is 11.8 Å². The normalized spacial score (nSPS) is 21.2. The van der Waals surface area contributed by atoms with Crippen LogP contribution < -0.4 is 10.1 Å². The van der Waals surface area contributed by atoms with Crippen LogP contribution in [-0.2, 0) is 6.42 Å². The molecule has 1 heterocycles. The average molecular weight is 445 g/mol. The molecule has 1 aromatic rings. The number of methoxy groups -OCH3 is 1. The summed E-state index contributed by atoms with van der Waals surface area (Å²) < 4.78 is 5.19. The van der Waals surface area contributed by atoms with Crippen LogP contribution in [0.5, 0.6) is 5.75 Å². The first-order valence-electron chi connectivity index (χ1n) is 8.71. The van der Waals surface area contributed by atoms with Crippen molar-refractivity contribution in [2.75, 3.05) is 33.8 Å². The Morgan fingerprint density at radius 3 is 2.38 bits per heavy atom. The number of benzene rings is 1. The number of hydrogen-bond acceptors (Lipinski definition) is 2. The molecule has 0 spiro atoms. The summed E-state index contributed by atoms with van der Waals surface area (Å²) in [6.45, 7) is 7.85. The fraction of sp³-hybridized carbons (Fsp3) is 0.632. The van der Waals surface area contributed by atoms with Crippen molar-refractivity contribution in [1.29, 1.82) is 0 Å². The smallest absolute Gasteiger partial charge is 0.193 e. The van der Waals surface area contributed by atoms with E-state index < -0.39 is 0 Å². The maximum Gasteiger partial charge on any atom is 0.193 e. The Hall–Kier alpha value is -0.980. The highest BCUT2D eigenvalue weighted by Crippen LogP contribution is 2.20. The second kappa shape index (κ2) is 10.8. The minimum atomic E-state index is 0. The molecule has 0 amide bonds. The number of nitrogens with one attached hydrogen (secondary N) is 1. The Balaban J connectivity index is 0.00000288. The van der Waals surface area contributed by atoms with Gasteiger partial charge in [0.25, 0.3) is 0 Å². The van der Waals surface area contributed by atoms with E-state index in [4.69, 9.17) is 4.74 Å². The zero-order valence-electron chi connectivity index (χ0n) is 15.4. The molecular weight excluding hydrogens is 413 g/mol. The quantitative estimate of drug-likeness (QED) is 0.324. The van der Waals surface area contributed by atoms with Gasteiger partial charge in [-0.2, -0.15) is 0 Å². The van der Waals surface area contributed by atoms with Crippen molar-refractivity contribution in [1.82, 2.24) is 10.2 Å². The lowest BCUT2D eigenvalue weighted by molar-refractivity contribution is 0.208. The molecule has 1 saturated heterocycles. The van der Waals surface area contributed by atoms with Gasteiger partial charge in [0.15, 0.2) is 5.96 Å². The number of aliphatic imine (C=N–C) groups is 1. The molecule has 2 rings (SSSR count). The highest BCUT2D eigenvalue weighted by molar-refractivity contribution is 14.0. The largest absolute Gasteiger partial charge is 0.497 e. The predicted octanol–water partition coefficient (Wildman–Crippen LogP) is 3.80. The van der Waals surface area contributed by atoms with Crippen molar-refractivity contribution < 1.29 is 4.74 Å². The van der Waals surface area contributed by atoms with Gasteiger partial charge in [-0.05, 0) is 48.8 Å². The van der Waals surface area contributed by atoms with Crippen molar-refractivity contribution in [2.45, 2.75) is 33.1 Å². The summed E-state index contributed by atoms with van der Waals surface area (Å²) in [7, 11) is 3.59. The third-order valence-electron chi connectivity index (χ3n) is 4.46. The van der Waals surface area contributed by atoms with E-state index >= 15 is 0 Å². The number of piperidine rings is 1. The van der Waals surface area contributed by atoms with E-state index in [1.165, 1.54) is 12.0 Å². The monoisotopic (exact) mass is 445 g/mol. The van der Waals surface area contributed by atoms with E-state index in [1.54, 1.807) is 7.11 Å². The second-order valence-corrected chi connectivity index (χ2v) is 6.78. The number of halogens is 1. The first-order chi connectivity index (χ1) is 11.1. The molecule has 2 unspecified atom stereocenters. The zero-order valence-corrected chi connectivity index (χ0v) is 17.7. The van der Waals surface area contributed by atoms with Crippen LogP contribution in [0.1, 0.15) is 32.3 Å². The number of hydrogen-bond donors (Lipinski definition) is 1. The molecule has 0 radical (unpaired) electrons. The van der Waals surface area contributed by atoms with Gasteiger partial charge in [-0.1, -0.05) is 26.0 Å². The van der Waals surface area contributed by atoms with E-state index in [9.17, 15) is 0 Å². The van der Waals surface area contributed by atoms with Gasteiger partial charge in [0, 0.05) is 26.7 Å². The molecular formula is C19H32IN3O. The molecule has 0 bridgehead atoms. The summed E-state index contributed by atoms with van der Waals surface area (Å²) in [5.74, 6) is 3.46. The van der Waals surface area contributed by atoms with Gasteiger partial charge >= 0.3 is 0 Å². The Morgan fingerprint density at radius 1 is 1.21 bits per heavy atom. The topological polar surface area (TPSA) is 36.9 Å². The maximum absolute atomic E-state index is 5.19. The molecule has 2 atom stereocenters. The average Bonchev–Trinajstić information content (AvgIpc) is 2.54. The molecule has 136 valence electrons. The van der Waals surface area contributed by atoms with Crippen LogP contribution in [0.3, 0.4) is 0 Å². The molecule has 1 fully saturated rings. The van der Waals surface area contributed by atoms with Gasteiger partial charge in [-0.3, -0.25) is 4.99 Å². The molecule has 1 N–H and O–H groups in total. The summed E-state index contributed by atoms with van der Waals surface area (Å²) in [6, 6.07) is 8.33. The van der Waals surface area contributed by atoms with Crippen molar-refractivity contribution in [3.63, 3.8) is 0 Å². The van der Waals surface area contributed by atoms with Crippen LogP contribution in [0.25, 0.3) is 0 Å². The Labute approximate surface area is 164 Å². The van der Waals surface area contributed by atoms with Crippen molar-refractivity contribution >= 4 is 29.9 Å². The van der Waals surface area contributed by atoms with Crippen LogP contribution in [0.2, 0.25) is 0 Å². The van der Waals surface area contributed by atoms with Crippen molar-refractivity contribution in [3.8, 4) is 5.75 Å². The molecule has 1 aromatic carbocycles. The summed E-state index contributed by atoms with van der Waals surface area (Å²) >= 11 is 0. The fourth-order valence-electron chi connectivity index (χ4n) is 3.45. The first kappa shape index (κ1) is 21.1.